The molecule has 53 heavy (non-hydrogen) atoms. The molecule has 0 radical (unpaired) electrons. The number of rotatable bonds is 38. The molecule has 0 aromatic heterocycles. The second kappa shape index (κ2) is 38.4. The Labute approximate surface area is 330 Å². The van der Waals surface area contributed by atoms with Crippen LogP contribution in [0.25, 0.3) is 0 Å². The van der Waals surface area contributed by atoms with E-state index in [0.29, 0.717) is 22.1 Å². The van der Waals surface area contributed by atoms with E-state index in [9.17, 15) is 19.2 Å². The molecule has 0 aliphatic rings. The van der Waals surface area contributed by atoms with Crippen molar-refractivity contribution < 1.29 is 34.8 Å². The van der Waals surface area contributed by atoms with E-state index >= 15 is 0 Å². The number of carbonyl (C=O) groups excluding carboxylic acids is 4. The van der Waals surface area contributed by atoms with Crippen molar-refractivity contribution in [1.29, 1.82) is 0 Å². The molecule has 0 bridgehead atoms. The molecule has 8 nitrogen and oxygen atoms in total. The number of hydrogen-bond donors (Lipinski definition) is 0. The van der Waals surface area contributed by atoms with Crippen molar-refractivity contribution in [3.05, 3.63) is 24.3 Å². The van der Waals surface area contributed by atoms with E-state index in [2.05, 4.69) is 27.7 Å². The van der Waals surface area contributed by atoms with Gasteiger partial charge in [0.1, 0.15) is 0 Å². The third-order valence-corrected chi connectivity index (χ3v) is 19.2. The van der Waals surface area contributed by atoms with Gasteiger partial charge in [0.05, 0.1) is 0 Å². The second-order valence-electron chi connectivity index (χ2n) is 14.7. The predicted octanol–water partition coefficient (Wildman–Crippen LogP) is 12.7. The maximum atomic E-state index is 13.2. The summed E-state index contributed by atoms with van der Waals surface area (Å²) in [5, 5.41) is 0. The average Bonchev–Trinajstić information content (AvgIpc) is 3.14. The van der Waals surface area contributed by atoms with E-state index in [1.54, 1.807) is 0 Å². The summed E-state index contributed by atoms with van der Waals surface area (Å²) in [7, 11) is 0. The molecule has 0 aromatic rings. The molecule has 0 rings (SSSR count). The Morgan fingerprint density at radius 2 is 0.585 bits per heavy atom. The number of unbranched alkanes of at least 4 members (excludes halogenated alkanes) is 24. The van der Waals surface area contributed by atoms with Crippen molar-refractivity contribution in [3.63, 3.8) is 0 Å². The van der Waals surface area contributed by atoms with Crippen LogP contribution in [0.3, 0.4) is 0 Å². The Hall–Kier alpha value is -1.84. The van der Waals surface area contributed by atoms with Gasteiger partial charge in [0.25, 0.3) is 0 Å². The van der Waals surface area contributed by atoms with E-state index in [0.717, 1.165) is 127 Å². The minimum absolute atomic E-state index is 0.317. The summed E-state index contributed by atoms with van der Waals surface area (Å²) in [4.78, 5) is 51.1. The summed E-state index contributed by atoms with van der Waals surface area (Å²) in [6, 6.07) is 0. The molecule has 0 unspecified atom stereocenters. The SMILES string of the molecule is CCCCCCCCCCOC(=O)C=CC(=O)[O][Sn]([CH2]CCCCCCC)([CH2]CCCCCCC)[O]C(=O)C=CC(=O)OCCCCCCCCCC. The van der Waals surface area contributed by atoms with Gasteiger partial charge < -0.3 is 0 Å². The maximum absolute atomic E-state index is 13.2. The summed E-state index contributed by atoms with van der Waals surface area (Å²) < 4.78 is 24.0. The summed E-state index contributed by atoms with van der Waals surface area (Å²) in [6.07, 6.45) is 35.4. The third-order valence-electron chi connectivity index (χ3n) is 9.59. The van der Waals surface area contributed by atoms with Crippen LogP contribution >= 0.6 is 0 Å². The molecule has 0 heterocycles. The fourth-order valence-corrected chi connectivity index (χ4v) is 15.3. The van der Waals surface area contributed by atoms with Gasteiger partial charge in [-0.1, -0.05) is 52.4 Å². The van der Waals surface area contributed by atoms with Crippen molar-refractivity contribution in [3.8, 4) is 0 Å². The summed E-state index contributed by atoms with van der Waals surface area (Å²) >= 11 is -4.39. The van der Waals surface area contributed by atoms with Crippen LogP contribution in [0.2, 0.25) is 8.87 Å². The molecule has 0 aliphatic carbocycles. The predicted molar refractivity (Wildman–Crippen MR) is 220 cm³/mol. The van der Waals surface area contributed by atoms with Crippen LogP contribution in [0.4, 0.5) is 0 Å². The van der Waals surface area contributed by atoms with Gasteiger partial charge in [-0.15, -0.1) is 0 Å². The normalized spacial score (nSPS) is 11.7. The van der Waals surface area contributed by atoms with Crippen molar-refractivity contribution in [2.45, 2.75) is 216 Å². The number of hydrogen-bond acceptors (Lipinski definition) is 8. The van der Waals surface area contributed by atoms with Crippen molar-refractivity contribution in [2.24, 2.45) is 0 Å². The van der Waals surface area contributed by atoms with Crippen LogP contribution in [0.15, 0.2) is 24.3 Å². The van der Waals surface area contributed by atoms with Gasteiger partial charge in [-0.2, -0.15) is 0 Å². The number of esters is 2. The first kappa shape index (κ1) is 51.2. The van der Waals surface area contributed by atoms with Crippen molar-refractivity contribution in [2.75, 3.05) is 13.2 Å². The Kier molecular flexibility index (Phi) is 37.1. The first-order chi connectivity index (χ1) is 25.8. The molecule has 0 aromatic carbocycles. The molecule has 0 fully saturated rings. The van der Waals surface area contributed by atoms with Gasteiger partial charge in [0.2, 0.25) is 0 Å². The van der Waals surface area contributed by atoms with Crippen molar-refractivity contribution >= 4 is 43.1 Å². The summed E-state index contributed by atoms with van der Waals surface area (Å²) in [5.41, 5.74) is 0. The molecule has 0 saturated heterocycles. The molecule has 0 saturated carbocycles. The Morgan fingerprint density at radius 3 is 0.887 bits per heavy atom. The van der Waals surface area contributed by atoms with Gasteiger partial charge in [-0.3, -0.25) is 0 Å². The van der Waals surface area contributed by atoms with Crippen LogP contribution in [0.5, 0.6) is 0 Å². The fraction of sp³-hybridized carbons (Fsp3) is 0.818. The van der Waals surface area contributed by atoms with Crippen LogP contribution in [-0.4, -0.2) is 56.3 Å². The van der Waals surface area contributed by atoms with E-state index in [1.807, 2.05) is 0 Å². The molecule has 0 atom stereocenters. The first-order valence-electron chi connectivity index (χ1n) is 22.0. The van der Waals surface area contributed by atoms with Crippen molar-refractivity contribution in [1.82, 2.24) is 0 Å². The van der Waals surface area contributed by atoms with Gasteiger partial charge in [-0.05, 0) is 0 Å². The van der Waals surface area contributed by atoms with Crippen LogP contribution in [0.1, 0.15) is 207 Å². The number of ether oxygens (including phenoxy) is 2. The molecule has 308 valence electrons. The number of carbonyl (C=O) groups is 4. The monoisotopic (exact) mass is 856 g/mol. The Balaban J connectivity index is 5.35. The fourth-order valence-electron chi connectivity index (χ4n) is 6.32. The summed E-state index contributed by atoms with van der Waals surface area (Å²) in [5.74, 6) is -2.52. The van der Waals surface area contributed by atoms with Crippen LogP contribution < -0.4 is 0 Å². The topological polar surface area (TPSA) is 105 Å². The molecular weight excluding hydrogens is 775 g/mol. The minimum atomic E-state index is -4.39. The third kappa shape index (κ3) is 34.4. The quantitative estimate of drug-likeness (QED) is 0.0262. The molecule has 0 amide bonds. The smallest absolute Gasteiger partial charge is 0.0654 e. The van der Waals surface area contributed by atoms with Gasteiger partial charge in [0.15, 0.2) is 0 Å². The zero-order valence-corrected chi connectivity index (χ0v) is 37.6. The Bertz CT molecular complexity index is 887. The van der Waals surface area contributed by atoms with E-state index in [4.69, 9.17) is 15.6 Å². The average molecular weight is 856 g/mol. The van der Waals surface area contributed by atoms with E-state index in [1.165, 1.54) is 77.0 Å². The van der Waals surface area contributed by atoms with Gasteiger partial charge in [0, 0.05) is 0 Å². The molecular formula is C44H80O8Sn. The first-order valence-corrected chi connectivity index (χ1v) is 28.3. The van der Waals surface area contributed by atoms with E-state index in [-0.39, 0.29) is 0 Å². The van der Waals surface area contributed by atoms with Gasteiger partial charge in [-0.25, -0.2) is 0 Å². The molecule has 0 aliphatic heterocycles. The van der Waals surface area contributed by atoms with Crippen LogP contribution in [-0.2, 0) is 34.8 Å². The van der Waals surface area contributed by atoms with Gasteiger partial charge >= 0.3 is 279 Å². The minimum Gasteiger partial charge on any atom is -0.0654 e. The zero-order valence-electron chi connectivity index (χ0n) is 34.7. The molecule has 0 spiro atoms. The standard InChI is InChI=1S/2C14H24O4.2C8H17.Sn/c2*1-2-3-4-5-6-7-8-9-12-18-14(17)11-10-13(15)16;2*1-3-5-7-8-6-4-2;/h2*10-11H,2-9,12H2,1H3,(H,15,16);2*1,3-8H2,2H3;/q;;;;+2/p-2. The second-order valence-corrected chi connectivity index (χ2v) is 24.0. The zero-order chi connectivity index (χ0) is 39.1. The molecule has 9 heteroatoms. The van der Waals surface area contributed by atoms with Crippen LogP contribution in [0, 0.1) is 0 Å². The van der Waals surface area contributed by atoms with E-state index < -0.39 is 43.1 Å². The summed E-state index contributed by atoms with van der Waals surface area (Å²) in [6.45, 7) is 9.42. The Morgan fingerprint density at radius 1 is 0.340 bits per heavy atom. The molecule has 0 N–H and O–H groups in total.